The van der Waals surface area contributed by atoms with Gasteiger partial charge in [-0.2, -0.15) is 0 Å². The van der Waals surface area contributed by atoms with Crippen LogP contribution in [0.25, 0.3) is 0 Å². The second kappa shape index (κ2) is 8.57. The molecule has 0 radical (unpaired) electrons. The molecule has 0 aliphatic carbocycles. The Morgan fingerprint density at radius 3 is 2.41 bits per heavy atom. The van der Waals surface area contributed by atoms with E-state index in [2.05, 4.69) is 36.5 Å². The number of aryl methyl sites for hydroxylation is 2. The van der Waals surface area contributed by atoms with Crippen LogP contribution in [0.3, 0.4) is 0 Å². The van der Waals surface area contributed by atoms with Gasteiger partial charge in [0.1, 0.15) is 0 Å². The van der Waals surface area contributed by atoms with Crippen LogP contribution in [0.5, 0.6) is 0 Å². The monoisotopic (exact) mass is 386 g/mol. The van der Waals surface area contributed by atoms with Crippen molar-refractivity contribution in [2.45, 2.75) is 32.6 Å². The van der Waals surface area contributed by atoms with Crippen molar-refractivity contribution in [1.82, 2.24) is 5.32 Å². The van der Waals surface area contributed by atoms with Crippen LogP contribution in [-0.2, 0) is 16.4 Å². The molecule has 2 aromatic rings. The molecule has 1 N–H and O–H groups in total. The molecule has 6 heteroatoms. The van der Waals surface area contributed by atoms with E-state index in [0.717, 1.165) is 19.3 Å². The van der Waals surface area contributed by atoms with Crippen LogP contribution < -0.4 is 9.62 Å². The Labute approximate surface area is 161 Å². The zero-order chi connectivity index (χ0) is 19.3. The van der Waals surface area contributed by atoms with Crippen molar-refractivity contribution >= 4 is 21.6 Å². The van der Waals surface area contributed by atoms with Gasteiger partial charge >= 0.3 is 0 Å². The zero-order valence-corrected chi connectivity index (χ0v) is 16.5. The van der Waals surface area contributed by atoms with Gasteiger partial charge in [0.15, 0.2) is 0 Å². The summed E-state index contributed by atoms with van der Waals surface area (Å²) >= 11 is 0. The number of hydrogen-bond donors (Lipinski definition) is 1. The molecule has 0 atom stereocenters. The van der Waals surface area contributed by atoms with Gasteiger partial charge in [0.2, 0.25) is 10.0 Å². The van der Waals surface area contributed by atoms with Crippen LogP contribution in [0.2, 0.25) is 0 Å². The van der Waals surface area contributed by atoms with Gasteiger partial charge in [-0.25, -0.2) is 8.42 Å². The summed E-state index contributed by atoms with van der Waals surface area (Å²) in [6.45, 7) is 3.18. The molecule has 5 nitrogen and oxygen atoms in total. The minimum Gasteiger partial charge on any atom is -0.352 e. The van der Waals surface area contributed by atoms with Crippen LogP contribution in [-0.4, -0.2) is 33.2 Å². The Morgan fingerprint density at radius 1 is 1.04 bits per heavy atom. The molecule has 0 spiro atoms. The Bertz CT molecular complexity index is 875. The van der Waals surface area contributed by atoms with E-state index in [1.807, 2.05) is 0 Å². The SMILES string of the molecule is Cc1ccc(CCCNC(=O)c2ccc(N3CCCCS3(=O)=O)cc2)cc1. The van der Waals surface area contributed by atoms with Gasteiger partial charge in [0.05, 0.1) is 11.4 Å². The number of rotatable bonds is 6. The van der Waals surface area contributed by atoms with Crippen LogP contribution >= 0.6 is 0 Å². The predicted octanol–water partition coefficient (Wildman–Crippen LogP) is 3.29. The van der Waals surface area contributed by atoms with E-state index in [1.54, 1.807) is 24.3 Å². The quantitative estimate of drug-likeness (QED) is 0.775. The summed E-state index contributed by atoms with van der Waals surface area (Å²) in [6, 6.07) is 15.2. The van der Waals surface area contributed by atoms with Gasteiger partial charge in [-0.1, -0.05) is 29.8 Å². The third kappa shape index (κ3) is 5.10. The Hall–Kier alpha value is -2.34. The average molecular weight is 387 g/mol. The molecular weight excluding hydrogens is 360 g/mol. The highest BCUT2D eigenvalue weighted by atomic mass is 32.2. The highest BCUT2D eigenvalue weighted by molar-refractivity contribution is 7.92. The summed E-state index contributed by atoms with van der Waals surface area (Å²) in [7, 11) is -3.22. The topological polar surface area (TPSA) is 66.5 Å². The average Bonchev–Trinajstić information content (AvgIpc) is 2.66. The van der Waals surface area contributed by atoms with Crippen molar-refractivity contribution in [3.8, 4) is 0 Å². The molecule has 3 rings (SSSR count). The molecular formula is C21H26N2O3S. The van der Waals surface area contributed by atoms with E-state index >= 15 is 0 Å². The summed E-state index contributed by atoms with van der Waals surface area (Å²) in [5.74, 6) is 0.0582. The van der Waals surface area contributed by atoms with E-state index in [9.17, 15) is 13.2 Å². The molecule has 144 valence electrons. The van der Waals surface area contributed by atoms with Crippen LogP contribution in [0.1, 0.15) is 40.7 Å². The van der Waals surface area contributed by atoms with Gasteiger partial charge in [-0.15, -0.1) is 0 Å². The summed E-state index contributed by atoms with van der Waals surface area (Å²) < 4.78 is 25.8. The van der Waals surface area contributed by atoms with E-state index < -0.39 is 10.0 Å². The Morgan fingerprint density at radius 2 is 1.74 bits per heavy atom. The smallest absolute Gasteiger partial charge is 0.251 e. The van der Waals surface area contributed by atoms with Crippen LogP contribution in [0, 0.1) is 6.92 Å². The molecule has 1 aliphatic heterocycles. The van der Waals surface area contributed by atoms with Crippen LogP contribution in [0.15, 0.2) is 48.5 Å². The number of nitrogens with zero attached hydrogens (tertiary/aromatic N) is 1. The second-order valence-electron chi connectivity index (χ2n) is 6.99. The fourth-order valence-corrected chi connectivity index (χ4v) is 4.85. The van der Waals surface area contributed by atoms with E-state index in [0.29, 0.717) is 30.8 Å². The Balaban J connectivity index is 1.51. The molecule has 0 saturated carbocycles. The first-order valence-corrected chi connectivity index (χ1v) is 11.0. The van der Waals surface area contributed by atoms with Crippen molar-refractivity contribution < 1.29 is 13.2 Å². The standard InChI is InChI=1S/C21H26N2O3S/c1-17-6-8-18(9-7-17)5-4-14-22-21(24)19-10-12-20(13-11-19)23-15-2-3-16-27(23,25)26/h6-13H,2-5,14-16H2,1H3,(H,22,24). The molecule has 1 heterocycles. The van der Waals surface area contributed by atoms with E-state index in [4.69, 9.17) is 0 Å². The highest BCUT2D eigenvalue weighted by Crippen LogP contribution is 2.23. The van der Waals surface area contributed by atoms with Gasteiger partial charge < -0.3 is 5.32 Å². The fourth-order valence-electron chi connectivity index (χ4n) is 3.21. The third-order valence-corrected chi connectivity index (χ3v) is 6.68. The molecule has 0 unspecified atom stereocenters. The summed E-state index contributed by atoms with van der Waals surface area (Å²) in [6.07, 6.45) is 3.37. The maximum atomic E-state index is 12.3. The maximum absolute atomic E-state index is 12.3. The Kier molecular flexibility index (Phi) is 6.16. The fraction of sp³-hybridized carbons (Fsp3) is 0.381. The van der Waals surface area contributed by atoms with Crippen molar-refractivity contribution in [3.63, 3.8) is 0 Å². The zero-order valence-electron chi connectivity index (χ0n) is 15.6. The van der Waals surface area contributed by atoms with Crippen LogP contribution in [0.4, 0.5) is 5.69 Å². The number of hydrogen-bond acceptors (Lipinski definition) is 3. The molecule has 0 bridgehead atoms. The second-order valence-corrected chi connectivity index (χ2v) is 9.00. The van der Waals surface area contributed by atoms with Crippen molar-refractivity contribution in [2.24, 2.45) is 0 Å². The normalized spacial score (nSPS) is 16.1. The number of carbonyl (C=O) groups is 1. The largest absolute Gasteiger partial charge is 0.352 e. The molecule has 27 heavy (non-hydrogen) atoms. The van der Waals surface area contributed by atoms with Gasteiger partial charge in [-0.3, -0.25) is 9.10 Å². The van der Waals surface area contributed by atoms with Gasteiger partial charge in [-0.05, 0) is 62.4 Å². The molecule has 1 aliphatic rings. The lowest BCUT2D eigenvalue weighted by atomic mass is 10.1. The molecule has 1 fully saturated rings. The minimum absolute atomic E-state index is 0.132. The number of anilines is 1. The third-order valence-electron chi connectivity index (χ3n) is 4.82. The molecule has 2 aromatic carbocycles. The van der Waals surface area contributed by atoms with E-state index in [1.165, 1.54) is 15.4 Å². The van der Waals surface area contributed by atoms with Crippen molar-refractivity contribution in [2.75, 3.05) is 23.1 Å². The lowest BCUT2D eigenvalue weighted by Crippen LogP contribution is -2.37. The maximum Gasteiger partial charge on any atom is 0.251 e. The number of amides is 1. The molecule has 1 saturated heterocycles. The molecule has 1 amide bonds. The van der Waals surface area contributed by atoms with Crippen molar-refractivity contribution in [1.29, 1.82) is 0 Å². The number of sulfonamides is 1. The van der Waals surface area contributed by atoms with Gasteiger partial charge in [0.25, 0.3) is 5.91 Å². The minimum atomic E-state index is -3.22. The first-order valence-electron chi connectivity index (χ1n) is 9.40. The number of nitrogens with one attached hydrogen (secondary N) is 1. The lowest BCUT2D eigenvalue weighted by Gasteiger charge is -2.28. The molecule has 0 aromatic heterocycles. The van der Waals surface area contributed by atoms with E-state index in [-0.39, 0.29) is 11.7 Å². The lowest BCUT2D eigenvalue weighted by molar-refractivity contribution is 0.0953. The highest BCUT2D eigenvalue weighted by Gasteiger charge is 2.25. The first-order chi connectivity index (χ1) is 13.0. The number of carbonyl (C=O) groups excluding carboxylic acids is 1. The predicted molar refractivity (Wildman–Crippen MR) is 109 cm³/mol. The van der Waals surface area contributed by atoms with Gasteiger partial charge in [0, 0.05) is 18.7 Å². The summed E-state index contributed by atoms with van der Waals surface area (Å²) in [5.41, 5.74) is 3.68. The summed E-state index contributed by atoms with van der Waals surface area (Å²) in [5, 5.41) is 2.93. The summed E-state index contributed by atoms with van der Waals surface area (Å²) in [4.78, 5) is 12.3. The van der Waals surface area contributed by atoms with Crippen molar-refractivity contribution in [3.05, 3.63) is 65.2 Å². The number of benzene rings is 2. The first kappa shape index (κ1) is 19.4.